The Kier molecular flexibility index (Phi) is 3.98. The number of hydrogen-bond acceptors (Lipinski definition) is 3. The number of benzene rings is 1. The fraction of sp³-hybridized carbons (Fsp3) is 0.412. The highest BCUT2D eigenvalue weighted by atomic mass is 16.2. The third kappa shape index (κ3) is 2.64. The van der Waals surface area contributed by atoms with Crippen LogP contribution in [0.5, 0.6) is 0 Å². The number of likely N-dealkylation sites (tertiary alicyclic amines) is 1. The zero-order valence-corrected chi connectivity index (χ0v) is 12.7. The van der Waals surface area contributed by atoms with Gasteiger partial charge in [-0.15, -0.1) is 0 Å². The lowest BCUT2D eigenvalue weighted by Crippen LogP contribution is -2.45. The second kappa shape index (κ2) is 5.93. The monoisotopic (exact) mass is 299 g/mol. The summed E-state index contributed by atoms with van der Waals surface area (Å²) in [7, 11) is 0. The highest BCUT2D eigenvalue weighted by Crippen LogP contribution is 2.25. The first-order valence-electron chi connectivity index (χ1n) is 7.71. The molecule has 116 valence electrons. The Labute approximate surface area is 129 Å². The Morgan fingerprint density at radius 1 is 1.41 bits per heavy atom. The molecule has 3 rings (SSSR count). The summed E-state index contributed by atoms with van der Waals surface area (Å²) in [5.41, 5.74) is 6.74. The number of nitrogens with two attached hydrogens (primary N) is 1. The average Bonchev–Trinajstić information content (AvgIpc) is 2.53. The summed E-state index contributed by atoms with van der Waals surface area (Å²) in [4.78, 5) is 29.3. The van der Waals surface area contributed by atoms with Crippen LogP contribution in [0.4, 0.5) is 0 Å². The third-order valence-electron chi connectivity index (χ3n) is 4.68. The molecular weight excluding hydrogens is 278 g/mol. The lowest BCUT2D eigenvalue weighted by atomic mass is 9.87. The van der Waals surface area contributed by atoms with Crippen LogP contribution in [0, 0.1) is 11.8 Å². The number of H-pyrrole nitrogens is 1. The molecule has 1 saturated heterocycles. The minimum atomic E-state index is -0.247. The number of aromatic amines is 1. The normalized spacial score (nSPS) is 22.0. The molecule has 2 unspecified atom stereocenters. The molecule has 2 atom stereocenters. The van der Waals surface area contributed by atoms with Gasteiger partial charge in [-0.25, -0.2) is 0 Å². The molecule has 1 aromatic carbocycles. The predicted octanol–water partition coefficient (Wildman–Crippen LogP) is 1.58. The van der Waals surface area contributed by atoms with Gasteiger partial charge in [0.2, 0.25) is 5.56 Å². The number of para-hydroxylation sites is 1. The molecule has 5 heteroatoms. The van der Waals surface area contributed by atoms with Crippen molar-refractivity contribution in [3.8, 4) is 0 Å². The highest BCUT2D eigenvalue weighted by Gasteiger charge is 2.29. The molecule has 1 aliphatic heterocycles. The second-order valence-corrected chi connectivity index (χ2v) is 6.11. The zero-order valence-electron chi connectivity index (χ0n) is 12.7. The van der Waals surface area contributed by atoms with Crippen LogP contribution in [0.2, 0.25) is 0 Å². The van der Waals surface area contributed by atoms with Crippen LogP contribution in [-0.4, -0.2) is 35.4 Å². The molecule has 1 aliphatic rings. The van der Waals surface area contributed by atoms with E-state index in [9.17, 15) is 9.59 Å². The van der Waals surface area contributed by atoms with Crippen LogP contribution in [0.1, 0.15) is 23.7 Å². The van der Waals surface area contributed by atoms with Gasteiger partial charge in [0.1, 0.15) is 0 Å². The number of nitrogens with zero attached hydrogens (tertiary/aromatic N) is 1. The predicted molar refractivity (Wildman–Crippen MR) is 86.8 cm³/mol. The highest BCUT2D eigenvalue weighted by molar-refractivity contribution is 6.05. The van der Waals surface area contributed by atoms with Crippen molar-refractivity contribution in [2.24, 2.45) is 17.6 Å². The summed E-state index contributed by atoms with van der Waals surface area (Å²) in [5.74, 6) is 0.781. The summed E-state index contributed by atoms with van der Waals surface area (Å²) in [6.45, 7) is 4.15. The number of fused-ring (bicyclic) bond motifs is 1. The van der Waals surface area contributed by atoms with E-state index in [-0.39, 0.29) is 11.5 Å². The summed E-state index contributed by atoms with van der Waals surface area (Å²) in [6, 6.07) is 8.80. The Balaban J connectivity index is 1.97. The molecule has 0 aliphatic carbocycles. The number of hydrogen-bond donors (Lipinski definition) is 2. The maximum atomic E-state index is 12.9. The summed E-state index contributed by atoms with van der Waals surface area (Å²) < 4.78 is 0. The third-order valence-corrected chi connectivity index (χ3v) is 4.68. The minimum absolute atomic E-state index is 0.0763. The molecule has 0 spiro atoms. The van der Waals surface area contributed by atoms with Crippen molar-refractivity contribution in [2.45, 2.75) is 13.3 Å². The standard InChI is InChI=1S/C17H21N3O2/c1-11-6-7-20(10-12(11)9-18)17(22)14-8-16(21)19-15-5-3-2-4-13(14)15/h2-5,8,11-12H,6-7,9-10,18H2,1H3,(H,19,21). The first-order chi connectivity index (χ1) is 10.6. The SMILES string of the molecule is CC1CCN(C(=O)c2cc(=O)[nH]c3ccccc23)CC1CN. The summed E-state index contributed by atoms with van der Waals surface area (Å²) >= 11 is 0. The number of piperidine rings is 1. The van der Waals surface area contributed by atoms with Gasteiger partial charge in [0.15, 0.2) is 0 Å². The summed E-state index contributed by atoms with van der Waals surface area (Å²) in [6.07, 6.45) is 0.953. The van der Waals surface area contributed by atoms with Crippen LogP contribution in [0.15, 0.2) is 35.1 Å². The van der Waals surface area contributed by atoms with E-state index in [4.69, 9.17) is 5.73 Å². The molecular formula is C17H21N3O2. The van der Waals surface area contributed by atoms with Gasteiger partial charge in [0.25, 0.3) is 5.91 Å². The van der Waals surface area contributed by atoms with E-state index in [1.165, 1.54) is 6.07 Å². The zero-order chi connectivity index (χ0) is 15.7. The number of amides is 1. The summed E-state index contributed by atoms with van der Waals surface area (Å²) in [5, 5.41) is 0.787. The van der Waals surface area contributed by atoms with Crippen molar-refractivity contribution < 1.29 is 4.79 Å². The van der Waals surface area contributed by atoms with Gasteiger partial charge >= 0.3 is 0 Å². The van der Waals surface area contributed by atoms with Gasteiger partial charge in [0, 0.05) is 30.1 Å². The fourth-order valence-corrected chi connectivity index (χ4v) is 3.19. The van der Waals surface area contributed by atoms with E-state index in [0.29, 0.717) is 36.0 Å². The van der Waals surface area contributed by atoms with Gasteiger partial charge in [-0.05, 0) is 30.9 Å². The van der Waals surface area contributed by atoms with E-state index < -0.39 is 0 Å². The van der Waals surface area contributed by atoms with E-state index in [0.717, 1.165) is 18.4 Å². The van der Waals surface area contributed by atoms with Gasteiger partial charge in [-0.2, -0.15) is 0 Å². The van der Waals surface area contributed by atoms with Crippen LogP contribution in [0.25, 0.3) is 10.9 Å². The Morgan fingerprint density at radius 2 is 2.18 bits per heavy atom. The number of aromatic nitrogens is 1. The molecule has 3 N–H and O–H groups in total. The van der Waals surface area contributed by atoms with Crippen molar-refractivity contribution in [3.63, 3.8) is 0 Å². The number of rotatable bonds is 2. The second-order valence-electron chi connectivity index (χ2n) is 6.11. The molecule has 2 aromatic rings. The average molecular weight is 299 g/mol. The minimum Gasteiger partial charge on any atom is -0.338 e. The molecule has 2 heterocycles. The van der Waals surface area contributed by atoms with Crippen LogP contribution in [-0.2, 0) is 0 Å². The molecule has 0 radical (unpaired) electrons. The number of nitrogens with one attached hydrogen (secondary N) is 1. The topological polar surface area (TPSA) is 79.2 Å². The molecule has 1 amide bonds. The Hall–Kier alpha value is -2.14. The van der Waals surface area contributed by atoms with Crippen LogP contribution in [0.3, 0.4) is 0 Å². The number of carbonyl (C=O) groups excluding carboxylic acids is 1. The first-order valence-corrected chi connectivity index (χ1v) is 7.71. The number of pyridine rings is 1. The van der Waals surface area contributed by atoms with Crippen molar-refractivity contribution in [3.05, 3.63) is 46.2 Å². The Bertz CT molecular complexity index is 753. The largest absolute Gasteiger partial charge is 0.338 e. The van der Waals surface area contributed by atoms with Crippen molar-refractivity contribution >= 4 is 16.8 Å². The van der Waals surface area contributed by atoms with Gasteiger partial charge in [-0.3, -0.25) is 9.59 Å². The molecule has 5 nitrogen and oxygen atoms in total. The maximum absolute atomic E-state index is 12.9. The lowest BCUT2D eigenvalue weighted by Gasteiger charge is -2.36. The smallest absolute Gasteiger partial charge is 0.254 e. The van der Waals surface area contributed by atoms with Gasteiger partial charge < -0.3 is 15.6 Å². The fourth-order valence-electron chi connectivity index (χ4n) is 3.19. The molecule has 22 heavy (non-hydrogen) atoms. The lowest BCUT2D eigenvalue weighted by molar-refractivity contribution is 0.0620. The quantitative estimate of drug-likeness (QED) is 0.883. The maximum Gasteiger partial charge on any atom is 0.254 e. The van der Waals surface area contributed by atoms with Crippen molar-refractivity contribution in [2.75, 3.05) is 19.6 Å². The first kappa shape index (κ1) is 14.8. The van der Waals surface area contributed by atoms with E-state index in [1.54, 1.807) is 0 Å². The van der Waals surface area contributed by atoms with E-state index in [1.807, 2.05) is 29.2 Å². The number of carbonyl (C=O) groups is 1. The Morgan fingerprint density at radius 3 is 2.95 bits per heavy atom. The van der Waals surface area contributed by atoms with Crippen LogP contribution >= 0.6 is 0 Å². The van der Waals surface area contributed by atoms with E-state index >= 15 is 0 Å². The molecule has 1 fully saturated rings. The molecule has 0 bridgehead atoms. The van der Waals surface area contributed by atoms with Crippen molar-refractivity contribution in [1.82, 2.24) is 9.88 Å². The van der Waals surface area contributed by atoms with Crippen molar-refractivity contribution in [1.29, 1.82) is 0 Å². The molecule has 0 saturated carbocycles. The van der Waals surface area contributed by atoms with Gasteiger partial charge in [0.05, 0.1) is 5.56 Å². The molecule has 1 aromatic heterocycles. The van der Waals surface area contributed by atoms with Crippen LogP contribution < -0.4 is 11.3 Å². The van der Waals surface area contributed by atoms with Gasteiger partial charge in [-0.1, -0.05) is 25.1 Å². The van der Waals surface area contributed by atoms with E-state index in [2.05, 4.69) is 11.9 Å².